The summed E-state index contributed by atoms with van der Waals surface area (Å²) in [5.41, 5.74) is 5.77. The number of benzene rings is 1. The summed E-state index contributed by atoms with van der Waals surface area (Å²) in [6, 6.07) is 4.92. The summed E-state index contributed by atoms with van der Waals surface area (Å²) in [7, 11) is 0. The first-order valence-corrected chi connectivity index (χ1v) is 6.83. The van der Waals surface area contributed by atoms with E-state index in [4.69, 9.17) is 5.73 Å². The van der Waals surface area contributed by atoms with Crippen molar-refractivity contribution in [3.63, 3.8) is 0 Å². The Labute approximate surface area is 107 Å². The number of nitrogens with zero attached hydrogens (tertiary/aromatic N) is 1. The molecule has 0 amide bonds. The molecule has 2 rings (SSSR count). The summed E-state index contributed by atoms with van der Waals surface area (Å²) in [6.07, 6.45) is 0. The Balaban J connectivity index is 2.50. The number of nitrogens with two attached hydrogens (primary N) is 1. The van der Waals surface area contributed by atoms with Crippen molar-refractivity contribution in [2.45, 2.75) is 12.5 Å². The molecule has 0 spiro atoms. The lowest BCUT2D eigenvalue weighted by molar-refractivity contribution is 0.508. The molecule has 0 fully saturated rings. The van der Waals surface area contributed by atoms with Gasteiger partial charge < -0.3 is 5.73 Å². The second-order valence-electron chi connectivity index (χ2n) is 3.99. The van der Waals surface area contributed by atoms with Crippen LogP contribution in [-0.2, 0) is 5.54 Å². The van der Waals surface area contributed by atoms with Gasteiger partial charge in [-0.15, -0.1) is 0 Å². The van der Waals surface area contributed by atoms with Crippen LogP contribution in [-0.4, -0.2) is 17.3 Å². The average Bonchev–Trinajstić information content (AvgIpc) is 2.21. The first-order valence-electron chi connectivity index (χ1n) is 4.89. The SMILES string of the molecule is CC1(c2cc(Br)ccc2F)CSCC(N)=N1. The van der Waals surface area contributed by atoms with E-state index in [1.54, 1.807) is 23.9 Å². The number of aliphatic imine (C=N–C) groups is 1. The first-order chi connectivity index (χ1) is 7.51. The summed E-state index contributed by atoms with van der Waals surface area (Å²) in [6.45, 7) is 1.91. The van der Waals surface area contributed by atoms with E-state index in [1.807, 2.05) is 6.92 Å². The minimum absolute atomic E-state index is 0.232. The van der Waals surface area contributed by atoms with Gasteiger partial charge in [-0.05, 0) is 25.1 Å². The van der Waals surface area contributed by atoms with Crippen molar-refractivity contribution in [3.05, 3.63) is 34.1 Å². The normalized spacial score (nSPS) is 25.3. The molecule has 1 aromatic rings. The number of thioether (sulfide) groups is 1. The van der Waals surface area contributed by atoms with Gasteiger partial charge in [0.2, 0.25) is 0 Å². The average molecular weight is 303 g/mol. The molecule has 2 N–H and O–H groups in total. The van der Waals surface area contributed by atoms with E-state index in [1.165, 1.54) is 6.07 Å². The number of rotatable bonds is 1. The number of hydrogen-bond donors (Lipinski definition) is 1. The van der Waals surface area contributed by atoms with Gasteiger partial charge in [-0.1, -0.05) is 15.9 Å². The number of amidine groups is 1. The first kappa shape index (κ1) is 11.9. The minimum atomic E-state index is -0.555. The highest BCUT2D eigenvalue weighted by molar-refractivity contribution is 9.10. The van der Waals surface area contributed by atoms with Crippen LogP contribution in [0.3, 0.4) is 0 Å². The second-order valence-corrected chi connectivity index (χ2v) is 5.90. The summed E-state index contributed by atoms with van der Waals surface area (Å²) >= 11 is 5.03. The van der Waals surface area contributed by atoms with Crippen LogP contribution in [0, 0.1) is 5.82 Å². The molecule has 0 aliphatic carbocycles. The fourth-order valence-corrected chi connectivity index (χ4v) is 3.14. The smallest absolute Gasteiger partial charge is 0.128 e. The Morgan fingerprint density at radius 1 is 1.56 bits per heavy atom. The second kappa shape index (κ2) is 4.37. The quantitative estimate of drug-likeness (QED) is 0.866. The lowest BCUT2D eigenvalue weighted by Gasteiger charge is -2.30. The van der Waals surface area contributed by atoms with Gasteiger partial charge in [0.15, 0.2) is 0 Å². The standard InChI is InChI=1S/C11H12BrFN2S/c1-11(6-16-5-10(14)15-11)8-4-7(12)2-3-9(8)13/h2-4H,5-6H2,1H3,(H2,14,15). The zero-order valence-corrected chi connectivity index (χ0v) is 11.2. The van der Waals surface area contributed by atoms with E-state index in [0.717, 1.165) is 16.0 Å². The van der Waals surface area contributed by atoms with E-state index in [9.17, 15) is 4.39 Å². The molecule has 1 aliphatic heterocycles. The minimum Gasteiger partial charge on any atom is -0.387 e. The molecule has 0 saturated carbocycles. The third-order valence-corrected chi connectivity index (χ3v) is 4.29. The maximum Gasteiger partial charge on any atom is 0.128 e. The van der Waals surface area contributed by atoms with Crippen LogP contribution in [0.25, 0.3) is 0 Å². The van der Waals surface area contributed by atoms with E-state index in [0.29, 0.717) is 11.4 Å². The molecular weight excluding hydrogens is 291 g/mol. The topological polar surface area (TPSA) is 38.4 Å². The van der Waals surface area contributed by atoms with Crippen molar-refractivity contribution in [1.29, 1.82) is 0 Å². The van der Waals surface area contributed by atoms with Crippen LogP contribution >= 0.6 is 27.7 Å². The van der Waals surface area contributed by atoms with Gasteiger partial charge in [0.25, 0.3) is 0 Å². The van der Waals surface area contributed by atoms with Crippen LogP contribution in [0.15, 0.2) is 27.7 Å². The monoisotopic (exact) mass is 302 g/mol. The van der Waals surface area contributed by atoms with Gasteiger partial charge in [0.1, 0.15) is 11.7 Å². The van der Waals surface area contributed by atoms with Gasteiger partial charge >= 0.3 is 0 Å². The van der Waals surface area contributed by atoms with E-state index < -0.39 is 5.54 Å². The highest BCUT2D eigenvalue weighted by Gasteiger charge is 2.32. The van der Waals surface area contributed by atoms with E-state index in [2.05, 4.69) is 20.9 Å². The Morgan fingerprint density at radius 3 is 3.00 bits per heavy atom. The molecule has 2 nitrogen and oxygen atoms in total. The molecule has 0 radical (unpaired) electrons. The Morgan fingerprint density at radius 2 is 2.31 bits per heavy atom. The van der Waals surface area contributed by atoms with Crippen LogP contribution in [0.5, 0.6) is 0 Å². The Kier molecular flexibility index (Phi) is 3.26. The molecule has 1 unspecified atom stereocenters. The van der Waals surface area contributed by atoms with Crippen LogP contribution in [0.2, 0.25) is 0 Å². The van der Waals surface area contributed by atoms with Crippen LogP contribution in [0.1, 0.15) is 12.5 Å². The van der Waals surface area contributed by atoms with Crippen molar-refractivity contribution in [2.24, 2.45) is 10.7 Å². The summed E-state index contributed by atoms with van der Waals surface area (Å²) in [5, 5.41) is 0. The molecule has 16 heavy (non-hydrogen) atoms. The van der Waals surface area contributed by atoms with Crippen LogP contribution < -0.4 is 5.73 Å². The van der Waals surface area contributed by atoms with Gasteiger partial charge in [0.05, 0.1) is 11.3 Å². The largest absolute Gasteiger partial charge is 0.387 e. The van der Waals surface area contributed by atoms with E-state index >= 15 is 0 Å². The molecule has 0 saturated heterocycles. The third kappa shape index (κ3) is 2.25. The fraction of sp³-hybridized carbons (Fsp3) is 0.364. The van der Waals surface area contributed by atoms with E-state index in [-0.39, 0.29) is 5.82 Å². The van der Waals surface area contributed by atoms with Crippen molar-refractivity contribution >= 4 is 33.5 Å². The number of halogens is 2. The Hall–Kier alpha value is -0.550. The summed E-state index contributed by atoms with van der Waals surface area (Å²) in [5.74, 6) is 1.83. The van der Waals surface area contributed by atoms with Crippen molar-refractivity contribution < 1.29 is 4.39 Å². The summed E-state index contributed by atoms with van der Waals surface area (Å²) in [4.78, 5) is 4.40. The molecule has 1 aromatic carbocycles. The molecule has 1 aliphatic rings. The predicted molar refractivity (Wildman–Crippen MR) is 70.4 cm³/mol. The zero-order chi connectivity index (χ0) is 11.8. The van der Waals surface area contributed by atoms with Crippen molar-refractivity contribution in [1.82, 2.24) is 0 Å². The molecule has 1 atom stereocenters. The van der Waals surface area contributed by atoms with Crippen LogP contribution in [0.4, 0.5) is 4.39 Å². The lowest BCUT2D eigenvalue weighted by Crippen LogP contribution is -2.33. The van der Waals surface area contributed by atoms with Gasteiger partial charge in [0, 0.05) is 15.8 Å². The van der Waals surface area contributed by atoms with Gasteiger partial charge in [-0.2, -0.15) is 11.8 Å². The molecular formula is C11H12BrFN2S. The Bertz CT molecular complexity index is 450. The highest BCUT2D eigenvalue weighted by atomic mass is 79.9. The highest BCUT2D eigenvalue weighted by Crippen LogP contribution is 2.35. The van der Waals surface area contributed by atoms with Crippen molar-refractivity contribution in [2.75, 3.05) is 11.5 Å². The van der Waals surface area contributed by atoms with Crippen molar-refractivity contribution in [3.8, 4) is 0 Å². The zero-order valence-electron chi connectivity index (χ0n) is 8.84. The maximum absolute atomic E-state index is 13.8. The molecule has 1 heterocycles. The van der Waals surface area contributed by atoms with Gasteiger partial charge in [-0.3, -0.25) is 4.99 Å². The predicted octanol–water partition coefficient (Wildman–Crippen LogP) is 2.91. The third-order valence-electron chi connectivity index (χ3n) is 2.53. The lowest BCUT2D eigenvalue weighted by atomic mass is 9.94. The molecule has 86 valence electrons. The molecule has 5 heteroatoms. The summed E-state index contributed by atoms with van der Waals surface area (Å²) < 4.78 is 14.6. The fourth-order valence-electron chi connectivity index (χ4n) is 1.78. The maximum atomic E-state index is 13.8. The molecule has 0 aromatic heterocycles. The van der Waals surface area contributed by atoms with Gasteiger partial charge in [-0.25, -0.2) is 4.39 Å². The molecule has 0 bridgehead atoms. The number of hydrogen-bond acceptors (Lipinski definition) is 3.